The van der Waals surface area contributed by atoms with Crippen LogP contribution in [-0.2, 0) is 12.7 Å². The zero-order valence-electron chi connectivity index (χ0n) is 9.57. The monoisotopic (exact) mass is 256 g/mol. The minimum atomic E-state index is -4.43. The largest absolute Gasteiger partial charge is 0.507 e. The van der Waals surface area contributed by atoms with E-state index in [1.807, 2.05) is 6.92 Å². The van der Waals surface area contributed by atoms with Crippen molar-refractivity contribution in [3.8, 4) is 17.0 Å². The Hall–Kier alpha value is -1.98. The first-order valence-electron chi connectivity index (χ1n) is 5.36. The number of aromatic nitrogens is 2. The van der Waals surface area contributed by atoms with Crippen molar-refractivity contribution >= 4 is 0 Å². The number of hydrogen-bond donors (Lipinski definition) is 1. The molecule has 0 bridgehead atoms. The molecule has 18 heavy (non-hydrogen) atoms. The number of phenolic OH excluding ortho intramolecular Hbond substituents is 1. The summed E-state index contributed by atoms with van der Waals surface area (Å²) >= 11 is 0. The molecule has 0 spiro atoms. The third-order valence-electron chi connectivity index (χ3n) is 2.62. The van der Waals surface area contributed by atoms with E-state index in [4.69, 9.17) is 0 Å². The SMILES string of the molecule is CCn1nccc1-c1cc(C(F)(F)F)ccc1O. The number of aryl methyl sites for hydroxylation is 1. The van der Waals surface area contributed by atoms with Crippen molar-refractivity contribution in [3.63, 3.8) is 0 Å². The molecule has 1 aromatic carbocycles. The molecule has 0 radical (unpaired) electrons. The molecule has 96 valence electrons. The van der Waals surface area contributed by atoms with E-state index in [0.717, 1.165) is 18.2 Å². The van der Waals surface area contributed by atoms with Crippen LogP contribution in [0.5, 0.6) is 5.75 Å². The van der Waals surface area contributed by atoms with Crippen molar-refractivity contribution in [2.24, 2.45) is 0 Å². The summed E-state index contributed by atoms with van der Waals surface area (Å²) in [7, 11) is 0. The zero-order valence-corrected chi connectivity index (χ0v) is 9.57. The van der Waals surface area contributed by atoms with Crippen LogP contribution in [0.2, 0.25) is 0 Å². The normalized spacial score (nSPS) is 11.8. The first kappa shape index (κ1) is 12.5. The average molecular weight is 256 g/mol. The Bertz CT molecular complexity index is 561. The smallest absolute Gasteiger partial charge is 0.416 e. The summed E-state index contributed by atoms with van der Waals surface area (Å²) < 4.78 is 39.4. The molecule has 0 fully saturated rings. The van der Waals surface area contributed by atoms with Gasteiger partial charge in [0.2, 0.25) is 0 Å². The Kier molecular flexibility index (Phi) is 3.02. The number of phenols is 1. The number of halogens is 3. The maximum Gasteiger partial charge on any atom is 0.416 e. The van der Waals surface area contributed by atoms with E-state index in [2.05, 4.69) is 5.10 Å². The Morgan fingerprint density at radius 2 is 2.00 bits per heavy atom. The molecule has 0 aliphatic heterocycles. The predicted octanol–water partition coefficient (Wildman–Crippen LogP) is 3.29. The number of benzene rings is 1. The van der Waals surface area contributed by atoms with Gasteiger partial charge in [0.15, 0.2) is 0 Å². The van der Waals surface area contributed by atoms with Gasteiger partial charge < -0.3 is 5.11 Å². The highest BCUT2D eigenvalue weighted by Gasteiger charge is 2.31. The molecule has 1 aromatic heterocycles. The van der Waals surface area contributed by atoms with E-state index in [1.54, 1.807) is 6.07 Å². The molecular formula is C12H11F3N2O. The Morgan fingerprint density at radius 1 is 1.28 bits per heavy atom. The Labute approximate surface area is 101 Å². The average Bonchev–Trinajstić information content (AvgIpc) is 2.76. The molecule has 0 saturated carbocycles. The second-order valence-electron chi connectivity index (χ2n) is 3.76. The van der Waals surface area contributed by atoms with Gasteiger partial charge in [-0.1, -0.05) is 0 Å². The summed E-state index contributed by atoms with van der Waals surface area (Å²) in [5.74, 6) is -0.196. The van der Waals surface area contributed by atoms with Gasteiger partial charge in [0.1, 0.15) is 5.75 Å². The maximum atomic E-state index is 12.6. The molecule has 6 heteroatoms. The van der Waals surface area contributed by atoms with Crippen LogP contribution < -0.4 is 0 Å². The first-order chi connectivity index (χ1) is 8.43. The summed E-state index contributed by atoms with van der Waals surface area (Å²) in [4.78, 5) is 0. The molecule has 0 amide bonds. The van der Waals surface area contributed by atoms with Crippen LogP contribution in [0.25, 0.3) is 11.3 Å². The molecule has 2 rings (SSSR count). The summed E-state index contributed by atoms with van der Waals surface area (Å²) in [5.41, 5.74) is -0.204. The summed E-state index contributed by atoms with van der Waals surface area (Å²) in [6, 6.07) is 4.40. The van der Waals surface area contributed by atoms with E-state index in [0.29, 0.717) is 12.2 Å². The van der Waals surface area contributed by atoms with Gasteiger partial charge in [0, 0.05) is 18.3 Å². The number of aromatic hydroxyl groups is 1. The molecule has 3 nitrogen and oxygen atoms in total. The zero-order chi connectivity index (χ0) is 13.3. The lowest BCUT2D eigenvalue weighted by atomic mass is 10.1. The number of hydrogen-bond acceptors (Lipinski definition) is 2. The number of rotatable bonds is 2. The van der Waals surface area contributed by atoms with Crippen LogP contribution in [0.1, 0.15) is 12.5 Å². The lowest BCUT2D eigenvalue weighted by Gasteiger charge is -2.11. The van der Waals surface area contributed by atoms with Crippen LogP contribution in [-0.4, -0.2) is 14.9 Å². The molecule has 0 unspecified atom stereocenters. The summed E-state index contributed by atoms with van der Waals surface area (Å²) in [6.45, 7) is 2.33. The Morgan fingerprint density at radius 3 is 2.61 bits per heavy atom. The number of alkyl halides is 3. The summed E-state index contributed by atoms with van der Waals surface area (Å²) in [6.07, 6.45) is -2.95. The van der Waals surface area contributed by atoms with Crippen LogP contribution in [0.15, 0.2) is 30.5 Å². The van der Waals surface area contributed by atoms with Crippen LogP contribution in [0, 0.1) is 0 Å². The number of nitrogens with zero attached hydrogens (tertiary/aromatic N) is 2. The van der Waals surface area contributed by atoms with E-state index >= 15 is 0 Å². The fourth-order valence-electron chi connectivity index (χ4n) is 1.73. The Balaban J connectivity index is 2.57. The second-order valence-corrected chi connectivity index (χ2v) is 3.76. The molecule has 0 atom stereocenters. The highest BCUT2D eigenvalue weighted by molar-refractivity contribution is 5.68. The summed E-state index contributed by atoms with van der Waals surface area (Å²) in [5, 5.41) is 13.7. The third-order valence-corrected chi connectivity index (χ3v) is 2.62. The topological polar surface area (TPSA) is 38.0 Å². The lowest BCUT2D eigenvalue weighted by molar-refractivity contribution is -0.137. The van der Waals surface area contributed by atoms with Crippen LogP contribution >= 0.6 is 0 Å². The molecule has 2 aromatic rings. The van der Waals surface area contributed by atoms with Crippen molar-refractivity contribution in [3.05, 3.63) is 36.0 Å². The molecule has 0 saturated heterocycles. The van der Waals surface area contributed by atoms with Gasteiger partial charge in [-0.2, -0.15) is 18.3 Å². The molecular weight excluding hydrogens is 245 g/mol. The van der Waals surface area contributed by atoms with E-state index in [9.17, 15) is 18.3 Å². The van der Waals surface area contributed by atoms with Gasteiger partial charge in [-0.15, -0.1) is 0 Å². The minimum Gasteiger partial charge on any atom is -0.507 e. The van der Waals surface area contributed by atoms with Gasteiger partial charge in [-0.25, -0.2) is 0 Å². The molecule has 1 heterocycles. The quantitative estimate of drug-likeness (QED) is 0.895. The van der Waals surface area contributed by atoms with Crippen molar-refractivity contribution in [2.75, 3.05) is 0 Å². The minimum absolute atomic E-state index is 0.129. The van der Waals surface area contributed by atoms with Crippen molar-refractivity contribution < 1.29 is 18.3 Å². The highest BCUT2D eigenvalue weighted by atomic mass is 19.4. The lowest BCUT2D eigenvalue weighted by Crippen LogP contribution is -2.05. The second kappa shape index (κ2) is 4.36. The van der Waals surface area contributed by atoms with Gasteiger partial charge in [0.05, 0.1) is 11.3 Å². The fourth-order valence-corrected chi connectivity index (χ4v) is 1.73. The third kappa shape index (κ3) is 2.18. The van der Waals surface area contributed by atoms with Gasteiger partial charge >= 0.3 is 6.18 Å². The molecule has 0 aliphatic carbocycles. The van der Waals surface area contributed by atoms with E-state index < -0.39 is 11.7 Å². The maximum absolute atomic E-state index is 12.6. The fraction of sp³-hybridized carbons (Fsp3) is 0.250. The first-order valence-corrected chi connectivity index (χ1v) is 5.36. The van der Waals surface area contributed by atoms with Gasteiger partial charge in [0.25, 0.3) is 0 Å². The van der Waals surface area contributed by atoms with Crippen molar-refractivity contribution in [1.82, 2.24) is 9.78 Å². The van der Waals surface area contributed by atoms with Crippen molar-refractivity contribution in [2.45, 2.75) is 19.6 Å². The highest BCUT2D eigenvalue weighted by Crippen LogP contribution is 2.36. The van der Waals surface area contributed by atoms with E-state index in [1.165, 1.54) is 10.9 Å². The van der Waals surface area contributed by atoms with Crippen LogP contribution in [0.3, 0.4) is 0 Å². The van der Waals surface area contributed by atoms with Gasteiger partial charge in [-0.3, -0.25) is 4.68 Å². The van der Waals surface area contributed by atoms with Crippen molar-refractivity contribution in [1.29, 1.82) is 0 Å². The van der Waals surface area contributed by atoms with Gasteiger partial charge in [-0.05, 0) is 31.2 Å². The van der Waals surface area contributed by atoms with E-state index in [-0.39, 0.29) is 11.3 Å². The predicted molar refractivity (Wildman–Crippen MR) is 60.0 cm³/mol. The van der Waals surface area contributed by atoms with Crippen LogP contribution in [0.4, 0.5) is 13.2 Å². The molecule has 0 aliphatic rings. The standard InChI is InChI=1S/C12H11F3N2O/c1-2-17-10(5-6-16-17)9-7-8(12(13,14)15)3-4-11(9)18/h3-7,18H,2H2,1H3. The molecule has 1 N–H and O–H groups in total.